The molecule has 0 saturated carbocycles. The highest BCUT2D eigenvalue weighted by Gasteiger charge is 2.19. The lowest BCUT2D eigenvalue weighted by atomic mass is 10.0. The normalized spacial score (nSPS) is 12.3. The van der Waals surface area contributed by atoms with Gasteiger partial charge in [-0.25, -0.2) is 0 Å². The molecule has 0 saturated heterocycles. The summed E-state index contributed by atoms with van der Waals surface area (Å²) in [4.78, 5) is 38.6. The van der Waals surface area contributed by atoms with Crippen LogP contribution < -0.4 is 0 Å². The lowest BCUT2D eigenvalue weighted by Gasteiger charge is -2.18. The molecule has 0 aromatic heterocycles. The Kier molecular flexibility index (Phi) is 69.6. The van der Waals surface area contributed by atoms with Gasteiger partial charge in [-0.2, -0.15) is 0 Å². The summed E-state index contributed by atoms with van der Waals surface area (Å²) in [5, 5.41) is 0. The van der Waals surface area contributed by atoms with Gasteiger partial charge in [0.15, 0.2) is 6.10 Å². The number of hydrogen-bond acceptors (Lipinski definition) is 6. The van der Waals surface area contributed by atoms with Crippen molar-refractivity contribution in [2.24, 2.45) is 0 Å². The van der Waals surface area contributed by atoms with Crippen LogP contribution in [0, 0.1) is 0 Å². The number of rotatable bonds is 69. The summed E-state index contributed by atoms with van der Waals surface area (Å²) >= 11 is 0. The molecule has 0 heterocycles. The molecule has 0 aromatic carbocycles. The predicted octanol–water partition coefficient (Wildman–Crippen LogP) is 25.7. The molecule has 0 aromatic rings. The molecular formula is C77H142O6. The first-order valence-electron chi connectivity index (χ1n) is 37.1. The van der Waals surface area contributed by atoms with E-state index in [0.29, 0.717) is 19.3 Å². The van der Waals surface area contributed by atoms with Crippen LogP contribution in [0.3, 0.4) is 0 Å². The minimum atomic E-state index is -0.778. The van der Waals surface area contributed by atoms with Crippen molar-refractivity contribution in [3.63, 3.8) is 0 Å². The molecule has 1 atom stereocenters. The number of carbonyl (C=O) groups is 3. The molecule has 0 fully saturated rings. The van der Waals surface area contributed by atoms with Gasteiger partial charge in [-0.1, -0.05) is 352 Å². The summed E-state index contributed by atoms with van der Waals surface area (Å²) < 4.78 is 17.0. The average Bonchev–Trinajstić information content (AvgIpc) is 3.49. The van der Waals surface area contributed by atoms with Gasteiger partial charge in [0, 0.05) is 19.3 Å². The maximum Gasteiger partial charge on any atom is 0.306 e. The number of ether oxygens (including phenoxy) is 3. The zero-order valence-corrected chi connectivity index (χ0v) is 56.0. The topological polar surface area (TPSA) is 78.9 Å². The lowest BCUT2D eigenvalue weighted by Crippen LogP contribution is -2.30. The van der Waals surface area contributed by atoms with Gasteiger partial charge in [0.25, 0.3) is 0 Å². The minimum absolute atomic E-state index is 0.0716. The summed E-state index contributed by atoms with van der Waals surface area (Å²) in [5.74, 6) is -0.851. The SMILES string of the molecule is CCCCCCC/C=C\C/C=C\C/C=C\CCCCCCCCCCC(=O)OCC(COC(=O)CCCCCCCCCCCCCCCCCCCCCCC)OC(=O)CCCCCCCCCCC/C=C\CCCCCCCCCC. The molecule has 6 heteroatoms. The Bertz CT molecular complexity index is 1430. The summed E-state index contributed by atoms with van der Waals surface area (Å²) in [6.45, 7) is 6.70. The van der Waals surface area contributed by atoms with E-state index in [2.05, 4.69) is 69.4 Å². The van der Waals surface area contributed by atoms with Gasteiger partial charge in [0.2, 0.25) is 0 Å². The van der Waals surface area contributed by atoms with Crippen LogP contribution in [0.2, 0.25) is 0 Å². The second kappa shape index (κ2) is 71.8. The van der Waals surface area contributed by atoms with Crippen molar-refractivity contribution in [2.45, 2.75) is 412 Å². The standard InChI is InChI=1S/C77H142O6/c1-4-7-10-13-16-19-22-25-28-31-34-37-38-41-43-46-49-52-55-58-61-64-67-70-76(79)82-73-74(83-77(80)71-68-65-62-59-56-53-50-47-44-40-36-33-30-27-24-21-18-15-12-9-6-3)72-81-75(78)69-66-63-60-57-54-51-48-45-42-39-35-32-29-26-23-20-17-14-11-8-5-2/h22,25,31,33-34,36,38,41,74H,4-21,23-24,26-30,32,35,37,39-40,42-73H2,1-3H3/b25-22-,34-31-,36-33-,41-38-. The van der Waals surface area contributed by atoms with Crippen LogP contribution in [-0.4, -0.2) is 37.2 Å². The first-order valence-corrected chi connectivity index (χ1v) is 37.1. The lowest BCUT2D eigenvalue weighted by molar-refractivity contribution is -0.167. The van der Waals surface area contributed by atoms with Gasteiger partial charge >= 0.3 is 17.9 Å². The van der Waals surface area contributed by atoms with E-state index >= 15 is 0 Å². The van der Waals surface area contributed by atoms with Crippen LogP contribution in [-0.2, 0) is 28.6 Å². The van der Waals surface area contributed by atoms with E-state index in [1.165, 1.54) is 289 Å². The van der Waals surface area contributed by atoms with Crippen molar-refractivity contribution >= 4 is 17.9 Å². The molecule has 83 heavy (non-hydrogen) atoms. The van der Waals surface area contributed by atoms with E-state index in [4.69, 9.17) is 14.2 Å². The summed E-state index contributed by atoms with van der Waals surface area (Å²) in [6, 6.07) is 0. The monoisotopic (exact) mass is 1160 g/mol. The van der Waals surface area contributed by atoms with Gasteiger partial charge in [-0.05, 0) is 83.5 Å². The van der Waals surface area contributed by atoms with E-state index in [0.717, 1.165) is 77.0 Å². The molecule has 0 aliphatic heterocycles. The molecule has 0 N–H and O–H groups in total. The zero-order chi connectivity index (χ0) is 59.9. The van der Waals surface area contributed by atoms with E-state index in [1.54, 1.807) is 0 Å². The molecule has 1 unspecified atom stereocenters. The van der Waals surface area contributed by atoms with Crippen molar-refractivity contribution < 1.29 is 28.6 Å². The number of allylic oxidation sites excluding steroid dienone is 8. The largest absolute Gasteiger partial charge is 0.462 e. The second-order valence-electron chi connectivity index (χ2n) is 25.2. The minimum Gasteiger partial charge on any atom is -0.462 e. The van der Waals surface area contributed by atoms with Gasteiger partial charge in [-0.3, -0.25) is 14.4 Å². The van der Waals surface area contributed by atoms with E-state index in [-0.39, 0.29) is 31.1 Å². The van der Waals surface area contributed by atoms with Crippen LogP contribution in [0.4, 0.5) is 0 Å². The molecule has 0 radical (unpaired) electrons. The quantitative estimate of drug-likeness (QED) is 0.0261. The third kappa shape index (κ3) is 70.0. The maximum absolute atomic E-state index is 13.0. The summed E-state index contributed by atoms with van der Waals surface area (Å²) in [6.07, 6.45) is 91.4. The van der Waals surface area contributed by atoms with Crippen LogP contribution in [0.15, 0.2) is 48.6 Å². The molecular weight excluding hydrogens is 1020 g/mol. The molecule has 0 spiro atoms. The first-order chi connectivity index (χ1) is 41.0. The fourth-order valence-electron chi connectivity index (χ4n) is 11.2. The molecule has 0 bridgehead atoms. The highest BCUT2D eigenvalue weighted by molar-refractivity contribution is 5.71. The van der Waals surface area contributed by atoms with Crippen molar-refractivity contribution in [1.29, 1.82) is 0 Å². The Balaban J connectivity index is 4.34. The van der Waals surface area contributed by atoms with Gasteiger partial charge in [0.05, 0.1) is 0 Å². The zero-order valence-electron chi connectivity index (χ0n) is 56.0. The average molecular weight is 1160 g/mol. The van der Waals surface area contributed by atoms with Crippen LogP contribution in [0.1, 0.15) is 406 Å². The predicted molar refractivity (Wildman–Crippen MR) is 362 cm³/mol. The highest BCUT2D eigenvalue weighted by Crippen LogP contribution is 2.18. The van der Waals surface area contributed by atoms with Crippen molar-refractivity contribution in [3.8, 4) is 0 Å². The van der Waals surface area contributed by atoms with Crippen molar-refractivity contribution in [2.75, 3.05) is 13.2 Å². The van der Waals surface area contributed by atoms with Crippen molar-refractivity contribution in [1.82, 2.24) is 0 Å². The first kappa shape index (κ1) is 80.4. The Morgan fingerprint density at radius 2 is 0.434 bits per heavy atom. The maximum atomic E-state index is 13.0. The van der Waals surface area contributed by atoms with Crippen molar-refractivity contribution in [3.05, 3.63) is 48.6 Å². The second-order valence-corrected chi connectivity index (χ2v) is 25.2. The molecule has 0 rings (SSSR count). The van der Waals surface area contributed by atoms with Gasteiger partial charge in [0.1, 0.15) is 13.2 Å². The Labute approximate surface area is 518 Å². The fraction of sp³-hybridized carbons (Fsp3) is 0.857. The Morgan fingerprint density at radius 1 is 0.241 bits per heavy atom. The number of unbranched alkanes of at least 4 members (excludes halogenated alkanes) is 50. The molecule has 486 valence electrons. The summed E-state index contributed by atoms with van der Waals surface area (Å²) in [7, 11) is 0. The Hall–Kier alpha value is -2.63. The smallest absolute Gasteiger partial charge is 0.306 e. The fourth-order valence-corrected chi connectivity index (χ4v) is 11.2. The molecule has 0 amide bonds. The Morgan fingerprint density at radius 3 is 0.687 bits per heavy atom. The van der Waals surface area contributed by atoms with Gasteiger partial charge in [-0.15, -0.1) is 0 Å². The van der Waals surface area contributed by atoms with E-state index in [1.807, 2.05) is 0 Å². The van der Waals surface area contributed by atoms with Crippen LogP contribution >= 0.6 is 0 Å². The van der Waals surface area contributed by atoms with Crippen LogP contribution in [0.25, 0.3) is 0 Å². The number of carbonyl (C=O) groups excluding carboxylic acids is 3. The third-order valence-corrected chi connectivity index (χ3v) is 16.8. The van der Waals surface area contributed by atoms with E-state index < -0.39 is 6.10 Å². The van der Waals surface area contributed by atoms with Gasteiger partial charge < -0.3 is 14.2 Å². The van der Waals surface area contributed by atoms with Crippen LogP contribution in [0.5, 0.6) is 0 Å². The summed E-state index contributed by atoms with van der Waals surface area (Å²) in [5.41, 5.74) is 0. The number of hydrogen-bond donors (Lipinski definition) is 0. The molecule has 6 nitrogen and oxygen atoms in total. The molecule has 0 aliphatic carbocycles. The van der Waals surface area contributed by atoms with E-state index in [9.17, 15) is 14.4 Å². The third-order valence-electron chi connectivity index (χ3n) is 16.8. The molecule has 0 aliphatic rings. The highest BCUT2D eigenvalue weighted by atomic mass is 16.6. The number of esters is 3.